The summed E-state index contributed by atoms with van der Waals surface area (Å²) in [5.41, 5.74) is 4.24. The van der Waals surface area contributed by atoms with Crippen LogP contribution >= 0.6 is 23.1 Å². The number of rotatable bonds is 13. The van der Waals surface area contributed by atoms with Crippen molar-refractivity contribution in [2.75, 3.05) is 5.75 Å². The first-order valence-electron chi connectivity index (χ1n) is 13.5. The lowest BCUT2D eigenvalue weighted by atomic mass is 10.0. The number of carbonyl (C=O) groups is 2. The van der Waals surface area contributed by atoms with E-state index in [0.717, 1.165) is 40.8 Å². The number of hydrogen-bond acceptors (Lipinski definition) is 7. The minimum Gasteiger partial charge on any atom is -0.341 e. The number of nitriles is 1. The smallest absolute Gasteiger partial charge is 0.263 e. The van der Waals surface area contributed by atoms with E-state index in [0.29, 0.717) is 34.9 Å². The van der Waals surface area contributed by atoms with Gasteiger partial charge in [0, 0.05) is 22.4 Å². The molecule has 1 amide bonds. The maximum Gasteiger partial charge on any atom is 0.263 e. The minimum atomic E-state index is -0.308. The summed E-state index contributed by atoms with van der Waals surface area (Å²) in [5, 5.41) is 14.3. The molecule has 3 aromatic carbocycles. The van der Waals surface area contributed by atoms with E-state index in [-0.39, 0.29) is 17.7 Å². The maximum atomic E-state index is 12.9. The second-order valence-corrected chi connectivity index (χ2v) is 11.5. The van der Waals surface area contributed by atoms with Crippen LogP contribution in [0.3, 0.4) is 0 Å². The van der Waals surface area contributed by atoms with E-state index in [1.165, 1.54) is 28.5 Å². The molecule has 2 aromatic heterocycles. The molecule has 1 atom stereocenters. The van der Waals surface area contributed by atoms with Crippen LogP contribution in [0.15, 0.2) is 89.5 Å². The number of imidazole rings is 1. The van der Waals surface area contributed by atoms with Crippen molar-refractivity contribution in [1.29, 1.82) is 5.26 Å². The van der Waals surface area contributed by atoms with Crippen molar-refractivity contribution in [3.8, 4) is 17.3 Å². The fourth-order valence-corrected chi connectivity index (χ4v) is 5.99. The number of hydrogen-bond donors (Lipinski definition) is 2. The second kappa shape index (κ2) is 13.9. The number of unbranched alkanes of at least 4 members (excludes halogenated alkanes) is 2. The van der Waals surface area contributed by atoms with Gasteiger partial charge in [0.25, 0.3) is 5.91 Å². The average Bonchev–Trinajstić information content (AvgIpc) is 3.72. The van der Waals surface area contributed by atoms with E-state index in [1.54, 1.807) is 11.7 Å². The number of nitrogens with one attached hydrogen (secondary N) is 2. The van der Waals surface area contributed by atoms with Crippen molar-refractivity contribution >= 4 is 45.6 Å². The third-order valence-corrected chi connectivity index (χ3v) is 8.54. The Kier molecular flexibility index (Phi) is 9.57. The molecule has 9 heteroatoms. The highest BCUT2D eigenvalue weighted by Gasteiger charge is 2.20. The zero-order valence-corrected chi connectivity index (χ0v) is 24.0. The highest BCUT2D eigenvalue weighted by molar-refractivity contribution is 7.99. The molecular weight excluding hydrogens is 551 g/mol. The van der Waals surface area contributed by atoms with Crippen molar-refractivity contribution in [2.24, 2.45) is 0 Å². The number of Topliss-reactive ketones (excluding diaryl/α,β-unsaturated/α-hetero) is 1. The van der Waals surface area contributed by atoms with E-state index in [2.05, 4.69) is 56.7 Å². The molecule has 0 saturated carbocycles. The van der Waals surface area contributed by atoms with E-state index < -0.39 is 0 Å². The van der Waals surface area contributed by atoms with Gasteiger partial charge in [0.15, 0.2) is 5.78 Å². The van der Waals surface area contributed by atoms with Crippen LogP contribution in [0, 0.1) is 11.3 Å². The molecule has 0 fully saturated rings. The Morgan fingerprint density at radius 1 is 1.00 bits per heavy atom. The summed E-state index contributed by atoms with van der Waals surface area (Å²) in [5.74, 6) is 0.925. The fourth-order valence-electron chi connectivity index (χ4n) is 4.73. The minimum absolute atomic E-state index is 0.0900. The number of thiazole rings is 1. The van der Waals surface area contributed by atoms with Gasteiger partial charge < -0.3 is 10.3 Å². The zero-order valence-electron chi connectivity index (χ0n) is 22.4. The zero-order chi connectivity index (χ0) is 28.4. The number of nitrogens with zero attached hydrogens (tertiary/aromatic N) is 3. The van der Waals surface area contributed by atoms with Gasteiger partial charge in [-0.3, -0.25) is 14.6 Å². The van der Waals surface area contributed by atoms with Crippen LogP contribution in [-0.4, -0.2) is 32.4 Å². The largest absolute Gasteiger partial charge is 0.341 e. The SMILES string of the molecule is N#CCSc1ccccc1C(=O)CCCCC[C@H](NC(=O)c1cncs1)c1ncc(-c2ccc3ccccc3c2)[nH]1. The number of carbonyl (C=O) groups excluding carboxylic acids is 2. The van der Waals surface area contributed by atoms with E-state index >= 15 is 0 Å². The number of H-pyrrole nitrogens is 1. The fraction of sp³-hybridized carbons (Fsp3) is 0.219. The van der Waals surface area contributed by atoms with Gasteiger partial charge in [-0.2, -0.15) is 5.26 Å². The molecule has 0 aliphatic heterocycles. The molecule has 2 heterocycles. The van der Waals surface area contributed by atoms with Gasteiger partial charge in [0.1, 0.15) is 10.7 Å². The third-order valence-electron chi connectivity index (χ3n) is 6.82. The summed E-state index contributed by atoms with van der Waals surface area (Å²) in [7, 11) is 0. The molecule has 0 aliphatic carbocycles. The molecule has 0 spiro atoms. The Balaban J connectivity index is 1.23. The standard InChI is InChI=1S/C32H29N5O2S2/c33-16-17-40-29-13-7-6-10-25(29)28(38)12-3-1-2-11-26(37-32(39)30-20-34-21-41-30)31-35-19-27(36-31)24-15-14-22-8-4-5-9-23(22)18-24/h4-10,13-15,18-21,26H,1-3,11-12,17H2,(H,35,36)(H,37,39)/t26-/m0/s1. The first kappa shape index (κ1) is 28.3. The highest BCUT2D eigenvalue weighted by Crippen LogP contribution is 2.27. The van der Waals surface area contributed by atoms with E-state index in [1.807, 2.05) is 42.6 Å². The van der Waals surface area contributed by atoms with Gasteiger partial charge in [0.05, 0.1) is 41.5 Å². The predicted octanol–water partition coefficient (Wildman–Crippen LogP) is 7.61. The quantitative estimate of drug-likeness (QED) is 0.0844. The maximum absolute atomic E-state index is 12.9. The van der Waals surface area contributed by atoms with Crippen LogP contribution in [0.2, 0.25) is 0 Å². The van der Waals surface area contributed by atoms with Gasteiger partial charge in [-0.25, -0.2) is 4.98 Å². The van der Waals surface area contributed by atoms with Crippen LogP contribution < -0.4 is 5.32 Å². The van der Waals surface area contributed by atoms with Gasteiger partial charge >= 0.3 is 0 Å². The van der Waals surface area contributed by atoms with Crippen LogP contribution in [0.5, 0.6) is 0 Å². The molecule has 206 valence electrons. The molecule has 0 saturated heterocycles. The van der Waals surface area contributed by atoms with E-state index in [9.17, 15) is 9.59 Å². The van der Waals surface area contributed by atoms with Crippen molar-refractivity contribution in [3.05, 3.63) is 101 Å². The highest BCUT2D eigenvalue weighted by atomic mass is 32.2. The predicted molar refractivity (Wildman–Crippen MR) is 164 cm³/mol. The first-order valence-corrected chi connectivity index (χ1v) is 15.3. The summed E-state index contributed by atoms with van der Waals surface area (Å²) >= 11 is 2.69. The third kappa shape index (κ3) is 7.28. The average molecular weight is 580 g/mol. The number of amides is 1. The molecule has 2 N–H and O–H groups in total. The molecule has 5 rings (SSSR count). The van der Waals surface area contributed by atoms with Crippen molar-refractivity contribution < 1.29 is 9.59 Å². The number of fused-ring (bicyclic) bond motifs is 1. The summed E-state index contributed by atoms with van der Waals surface area (Å²) in [6.45, 7) is 0. The monoisotopic (exact) mass is 579 g/mol. The summed E-state index contributed by atoms with van der Waals surface area (Å²) < 4.78 is 0. The second-order valence-electron chi connectivity index (χ2n) is 9.60. The summed E-state index contributed by atoms with van der Waals surface area (Å²) in [4.78, 5) is 39.3. The molecule has 7 nitrogen and oxygen atoms in total. The van der Waals surface area contributed by atoms with Crippen molar-refractivity contribution in [3.63, 3.8) is 0 Å². The Morgan fingerprint density at radius 2 is 1.83 bits per heavy atom. The van der Waals surface area contributed by atoms with Crippen molar-refractivity contribution in [1.82, 2.24) is 20.3 Å². The van der Waals surface area contributed by atoms with Gasteiger partial charge in [-0.1, -0.05) is 67.4 Å². The number of aromatic nitrogens is 3. The first-order chi connectivity index (χ1) is 20.1. The molecule has 5 aromatic rings. The molecule has 0 radical (unpaired) electrons. The van der Waals surface area contributed by atoms with E-state index in [4.69, 9.17) is 5.26 Å². The lowest BCUT2D eigenvalue weighted by Gasteiger charge is -2.16. The number of thioether (sulfide) groups is 1. The number of ketones is 1. The Bertz CT molecular complexity index is 1670. The van der Waals surface area contributed by atoms with Crippen LogP contribution in [0.25, 0.3) is 22.0 Å². The lowest BCUT2D eigenvalue weighted by Crippen LogP contribution is -2.28. The molecular formula is C32H29N5O2S2. The molecule has 0 bridgehead atoms. The molecule has 0 aliphatic rings. The summed E-state index contributed by atoms with van der Waals surface area (Å²) in [6, 6.07) is 23.8. The Labute approximate surface area is 247 Å². The topological polar surface area (TPSA) is 112 Å². The van der Waals surface area contributed by atoms with Crippen LogP contribution in [0.1, 0.15) is 64.0 Å². The number of aromatic amines is 1. The molecule has 0 unspecified atom stereocenters. The Morgan fingerprint density at radius 3 is 2.66 bits per heavy atom. The van der Waals surface area contributed by atoms with Gasteiger partial charge in [0.2, 0.25) is 0 Å². The molecule has 41 heavy (non-hydrogen) atoms. The summed E-state index contributed by atoms with van der Waals surface area (Å²) in [6.07, 6.45) is 6.89. The van der Waals surface area contributed by atoms with Crippen LogP contribution in [-0.2, 0) is 0 Å². The normalized spacial score (nSPS) is 11.7. The van der Waals surface area contributed by atoms with Gasteiger partial charge in [-0.15, -0.1) is 23.1 Å². The van der Waals surface area contributed by atoms with Crippen molar-refractivity contribution in [2.45, 2.75) is 43.0 Å². The Hall–Kier alpha value is -4.26. The number of benzene rings is 3. The van der Waals surface area contributed by atoms with Crippen LogP contribution in [0.4, 0.5) is 0 Å². The van der Waals surface area contributed by atoms with Gasteiger partial charge in [-0.05, 0) is 35.7 Å². The lowest BCUT2D eigenvalue weighted by molar-refractivity contribution is 0.0935.